The lowest BCUT2D eigenvalue weighted by molar-refractivity contribution is -0.124. The molecule has 0 aliphatic rings. The molecule has 0 spiro atoms. The molecule has 10 heteroatoms. The van der Waals surface area contributed by atoms with Gasteiger partial charge in [0.15, 0.2) is 5.02 Å². The first-order chi connectivity index (χ1) is 15.1. The van der Waals surface area contributed by atoms with E-state index in [1.165, 1.54) is 32.3 Å². The number of hydrogen-bond acceptors (Lipinski definition) is 5. The highest BCUT2D eigenvalue weighted by Crippen LogP contribution is 2.22. The summed E-state index contributed by atoms with van der Waals surface area (Å²) in [5.41, 5.74) is 0.391. The Hall–Kier alpha value is -3.59. The lowest BCUT2D eigenvalue weighted by Gasteiger charge is -2.14. The number of benzene rings is 2. The molecular formula is C23H22ClF2N3O4. The summed E-state index contributed by atoms with van der Waals surface area (Å²) in [5, 5.41) is -0.365. The van der Waals surface area contributed by atoms with Crippen LogP contribution in [0.5, 0.6) is 5.88 Å². The number of halogens is 3. The van der Waals surface area contributed by atoms with Crippen LogP contribution in [-0.2, 0) is 11.4 Å². The van der Waals surface area contributed by atoms with Crippen molar-refractivity contribution in [3.05, 3.63) is 86.4 Å². The molecule has 0 bridgehead atoms. The van der Waals surface area contributed by atoms with Gasteiger partial charge in [0.1, 0.15) is 24.6 Å². The van der Waals surface area contributed by atoms with E-state index in [0.29, 0.717) is 17.3 Å². The average molecular weight is 478 g/mol. The van der Waals surface area contributed by atoms with Crippen molar-refractivity contribution in [3.8, 4) is 11.6 Å². The van der Waals surface area contributed by atoms with Crippen LogP contribution in [0.3, 0.4) is 0 Å². The van der Waals surface area contributed by atoms with E-state index < -0.39 is 28.9 Å². The largest absolute Gasteiger partial charge is 0.471 e. The van der Waals surface area contributed by atoms with Crippen LogP contribution in [0.1, 0.15) is 28.9 Å². The molecule has 2 aromatic carbocycles. The van der Waals surface area contributed by atoms with Gasteiger partial charge in [-0.25, -0.2) is 13.8 Å². The summed E-state index contributed by atoms with van der Waals surface area (Å²) in [6.07, 6.45) is 1.15. The molecule has 3 rings (SSSR count). The van der Waals surface area contributed by atoms with Crippen molar-refractivity contribution in [2.24, 2.45) is 0 Å². The van der Waals surface area contributed by atoms with Gasteiger partial charge in [0.25, 0.3) is 11.5 Å². The fraction of sp³-hybridized carbons (Fsp3) is 0.217. The van der Waals surface area contributed by atoms with Gasteiger partial charge >= 0.3 is 0 Å². The lowest BCUT2D eigenvalue weighted by atomic mass is 10.1. The van der Waals surface area contributed by atoms with Gasteiger partial charge in [0.05, 0.1) is 5.69 Å². The van der Waals surface area contributed by atoms with Crippen molar-refractivity contribution in [2.75, 3.05) is 14.1 Å². The number of amides is 1. The molecule has 0 aliphatic carbocycles. The molecule has 174 valence electrons. The van der Waals surface area contributed by atoms with Crippen LogP contribution in [0, 0.1) is 18.6 Å². The zero-order valence-electron chi connectivity index (χ0n) is 17.4. The van der Waals surface area contributed by atoms with Crippen LogP contribution in [-0.4, -0.2) is 40.2 Å². The molecule has 0 atom stereocenters. The van der Waals surface area contributed by atoms with Gasteiger partial charge in [-0.05, 0) is 30.7 Å². The second-order valence-electron chi connectivity index (χ2n) is 7.09. The fourth-order valence-electron chi connectivity index (χ4n) is 2.81. The van der Waals surface area contributed by atoms with E-state index >= 15 is 0 Å². The Labute approximate surface area is 194 Å². The van der Waals surface area contributed by atoms with Gasteiger partial charge in [-0.3, -0.25) is 19.0 Å². The molecule has 0 radical (unpaired) electrons. The number of aryl methyl sites for hydroxylation is 1. The number of rotatable bonds is 6. The summed E-state index contributed by atoms with van der Waals surface area (Å²) < 4.78 is 33.3. The highest BCUT2D eigenvalue weighted by atomic mass is 35.5. The van der Waals surface area contributed by atoms with Gasteiger partial charge in [0.2, 0.25) is 11.7 Å². The Morgan fingerprint density at radius 2 is 1.85 bits per heavy atom. The van der Waals surface area contributed by atoms with E-state index in [1.807, 2.05) is 0 Å². The van der Waals surface area contributed by atoms with Crippen LogP contribution in [0.4, 0.5) is 8.78 Å². The second kappa shape index (κ2) is 10.4. The summed E-state index contributed by atoms with van der Waals surface area (Å²) in [6.45, 7) is 1.39. The quantitative estimate of drug-likeness (QED) is 0.396. The molecule has 0 N–H and O–H groups in total. The van der Waals surface area contributed by atoms with Crippen LogP contribution < -0.4 is 10.3 Å². The van der Waals surface area contributed by atoms with E-state index in [0.717, 1.165) is 21.9 Å². The third kappa shape index (κ3) is 5.43. The number of nitrogens with zero attached hydrogens (tertiary/aromatic N) is 3. The van der Waals surface area contributed by atoms with Gasteiger partial charge < -0.3 is 9.64 Å². The van der Waals surface area contributed by atoms with Crippen LogP contribution in [0.15, 0.2) is 47.5 Å². The maximum Gasteiger partial charge on any atom is 0.294 e. The van der Waals surface area contributed by atoms with Gasteiger partial charge in [0, 0.05) is 31.3 Å². The van der Waals surface area contributed by atoms with Crippen LogP contribution in [0.2, 0.25) is 5.02 Å². The number of likely N-dealkylation sites (N-methyl/N-ethyl adjacent to an activating group) is 1. The summed E-state index contributed by atoms with van der Waals surface area (Å²) in [6, 6.07) is 7.47. The minimum atomic E-state index is -0.807. The normalized spacial score (nSPS) is 10.4. The van der Waals surface area contributed by atoms with Gasteiger partial charge in [-0.1, -0.05) is 31.2 Å². The van der Waals surface area contributed by atoms with Crippen LogP contribution >= 0.6 is 11.6 Å². The molecule has 3 aromatic rings. The molecule has 7 nitrogen and oxygen atoms in total. The molecule has 0 saturated heterocycles. The molecule has 0 unspecified atom stereocenters. The highest BCUT2D eigenvalue weighted by molar-refractivity contribution is 6.42. The van der Waals surface area contributed by atoms with E-state index in [1.54, 1.807) is 13.0 Å². The summed E-state index contributed by atoms with van der Waals surface area (Å²) >= 11 is 6.12. The average Bonchev–Trinajstić information content (AvgIpc) is 2.75. The predicted molar refractivity (Wildman–Crippen MR) is 120 cm³/mol. The SMILES string of the molecule is C.Cc1ccc(C(=O)C(=O)N(C)C)cc1-n1cnc(OCc2ccc(F)cc2F)c(Cl)c1=O. The summed E-state index contributed by atoms with van der Waals surface area (Å²) in [4.78, 5) is 42.3. The molecular weight excluding hydrogens is 456 g/mol. The topological polar surface area (TPSA) is 81.5 Å². The lowest BCUT2D eigenvalue weighted by Crippen LogP contribution is -2.30. The zero-order valence-corrected chi connectivity index (χ0v) is 18.1. The third-order valence-electron chi connectivity index (χ3n) is 4.60. The van der Waals surface area contributed by atoms with E-state index in [2.05, 4.69) is 4.98 Å². The first-order valence-electron chi connectivity index (χ1n) is 9.31. The van der Waals surface area contributed by atoms with E-state index in [4.69, 9.17) is 16.3 Å². The summed E-state index contributed by atoms with van der Waals surface area (Å²) in [7, 11) is 2.92. The Bertz CT molecular complexity index is 1280. The number of aromatic nitrogens is 2. The molecule has 0 aliphatic heterocycles. The van der Waals surface area contributed by atoms with Gasteiger partial charge in [-0.15, -0.1) is 0 Å². The summed E-state index contributed by atoms with van der Waals surface area (Å²) in [5.74, 6) is -3.21. The monoisotopic (exact) mass is 477 g/mol. The van der Waals surface area contributed by atoms with Gasteiger partial charge in [-0.2, -0.15) is 0 Å². The predicted octanol–water partition coefficient (Wildman–Crippen LogP) is 3.96. The van der Waals surface area contributed by atoms with Crippen molar-refractivity contribution in [1.82, 2.24) is 14.5 Å². The highest BCUT2D eigenvalue weighted by Gasteiger charge is 2.20. The minimum Gasteiger partial charge on any atom is -0.471 e. The Morgan fingerprint density at radius 1 is 1.15 bits per heavy atom. The molecule has 0 fully saturated rings. The fourth-order valence-corrected chi connectivity index (χ4v) is 3.00. The number of Topliss-reactive ketones (excluding diaryl/α,β-unsaturated/α-hetero) is 1. The Kier molecular flexibility index (Phi) is 8.05. The molecule has 0 saturated carbocycles. The molecule has 1 heterocycles. The maximum absolute atomic E-state index is 13.8. The smallest absolute Gasteiger partial charge is 0.294 e. The van der Waals surface area contributed by atoms with E-state index in [9.17, 15) is 23.2 Å². The zero-order chi connectivity index (χ0) is 23.6. The molecule has 1 aromatic heterocycles. The van der Waals surface area contributed by atoms with E-state index in [-0.39, 0.29) is 36.1 Å². The third-order valence-corrected chi connectivity index (χ3v) is 4.92. The first-order valence-corrected chi connectivity index (χ1v) is 9.68. The number of carbonyl (C=O) groups is 2. The van der Waals surface area contributed by atoms with Crippen molar-refractivity contribution in [2.45, 2.75) is 21.0 Å². The standard InChI is InChI=1S/C22H18ClF2N3O4.CH4/c1-12-4-5-13(19(29)22(31)27(2)3)8-17(12)28-11-26-20(18(23)21(28)30)32-10-14-6-7-15(24)9-16(14)25;/h4-9,11H,10H2,1-3H3;1H4. The molecule has 1 amide bonds. The second-order valence-corrected chi connectivity index (χ2v) is 7.47. The Morgan fingerprint density at radius 3 is 2.48 bits per heavy atom. The molecule has 33 heavy (non-hydrogen) atoms. The number of hydrogen-bond donors (Lipinski definition) is 0. The number of carbonyl (C=O) groups excluding carboxylic acids is 2. The maximum atomic E-state index is 13.8. The Balaban J connectivity index is 0.00000385. The first kappa shape index (κ1) is 25.7. The number of ketones is 1. The minimum absolute atomic E-state index is 0. The van der Waals surface area contributed by atoms with Crippen molar-refractivity contribution in [3.63, 3.8) is 0 Å². The van der Waals surface area contributed by atoms with Crippen molar-refractivity contribution >= 4 is 23.3 Å². The number of ether oxygens (including phenoxy) is 1. The van der Waals surface area contributed by atoms with Crippen molar-refractivity contribution < 1.29 is 23.1 Å². The van der Waals surface area contributed by atoms with Crippen molar-refractivity contribution in [1.29, 1.82) is 0 Å². The van der Waals surface area contributed by atoms with Crippen LogP contribution in [0.25, 0.3) is 5.69 Å².